The maximum absolute atomic E-state index is 12.5. The van der Waals surface area contributed by atoms with Gasteiger partial charge in [0.25, 0.3) is 12.1 Å². The Morgan fingerprint density at radius 3 is 2.29 bits per heavy atom. The van der Waals surface area contributed by atoms with E-state index in [1.54, 1.807) is 0 Å². The van der Waals surface area contributed by atoms with Crippen molar-refractivity contribution in [1.29, 1.82) is 0 Å². The summed E-state index contributed by atoms with van der Waals surface area (Å²) >= 11 is 0. The Morgan fingerprint density at radius 1 is 1.17 bits per heavy atom. The van der Waals surface area contributed by atoms with E-state index >= 15 is 0 Å². The first-order valence-electron chi connectivity index (χ1n) is 6.78. The fourth-order valence-electron chi connectivity index (χ4n) is 2.02. The standard InChI is InChI=1S/C15H14F2N2O4S/c1-24(22,23)12-6-7-13(14(8-12)19(20)21)18-9-10-2-4-11(5-3-10)15(16)17/h2-8,15,18H,9H2,1H3. The number of anilines is 1. The van der Waals surface area contributed by atoms with E-state index in [1.807, 2.05) is 0 Å². The predicted molar refractivity (Wildman–Crippen MR) is 84.9 cm³/mol. The van der Waals surface area contributed by atoms with Gasteiger partial charge in [0.2, 0.25) is 0 Å². The summed E-state index contributed by atoms with van der Waals surface area (Å²) in [6.07, 6.45) is -1.60. The van der Waals surface area contributed by atoms with E-state index < -0.39 is 21.2 Å². The average molecular weight is 356 g/mol. The first-order valence-corrected chi connectivity index (χ1v) is 8.67. The lowest BCUT2D eigenvalue weighted by atomic mass is 10.1. The fraction of sp³-hybridized carbons (Fsp3) is 0.200. The smallest absolute Gasteiger partial charge is 0.293 e. The monoisotopic (exact) mass is 356 g/mol. The number of sulfone groups is 1. The molecule has 9 heteroatoms. The molecule has 0 radical (unpaired) electrons. The lowest BCUT2D eigenvalue weighted by Gasteiger charge is -2.09. The molecule has 0 amide bonds. The number of hydrogen-bond donors (Lipinski definition) is 1. The quantitative estimate of drug-likeness (QED) is 0.631. The summed E-state index contributed by atoms with van der Waals surface area (Å²) in [5, 5.41) is 13.9. The van der Waals surface area contributed by atoms with E-state index in [9.17, 15) is 27.3 Å². The van der Waals surface area contributed by atoms with Crippen LogP contribution in [0, 0.1) is 10.1 Å². The zero-order valence-corrected chi connectivity index (χ0v) is 13.4. The SMILES string of the molecule is CS(=O)(=O)c1ccc(NCc2ccc(C(F)F)cc2)c([N+](=O)[O-])c1. The summed E-state index contributed by atoms with van der Waals surface area (Å²) < 4.78 is 47.9. The fourth-order valence-corrected chi connectivity index (χ4v) is 2.66. The summed E-state index contributed by atoms with van der Waals surface area (Å²) in [5.41, 5.74) is 0.315. The van der Waals surface area contributed by atoms with Crippen molar-refractivity contribution in [1.82, 2.24) is 0 Å². The first kappa shape index (κ1) is 17.8. The zero-order chi connectivity index (χ0) is 17.9. The number of alkyl halides is 2. The Bertz CT molecular complexity index is 852. The second-order valence-electron chi connectivity index (χ2n) is 5.10. The lowest BCUT2D eigenvalue weighted by molar-refractivity contribution is -0.384. The molecule has 24 heavy (non-hydrogen) atoms. The van der Waals surface area contributed by atoms with Crippen molar-refractivity contribution in [2.24, 2.45) is 0 Å². The molecule has 128 valence electrons. The molecule has 0 aliphatic rings. The highest BCUT2D eigenvalue weighted by atomic mass is 32.2. The number of nitrogens with zero attached hydrogens (tertiary/aromatic N) is 1. The van der Waals surface area contributed by atoms with E-state index in [0.717, 1.165) is 12.3 Å². The third-order valence-electron chi connectivity index (χ3n) is 3.31. The van der Waals surface area contributed by atoms with Crippen LogP contribution in [0.1, 0.15) is 17.6 Å². The minimum atomic E-state index is -3.56. The molecule has 6 nitrogen and oxygen atoms in total. The first-order chi connectivity index (χ1) is 11.2. The van der Waals surface area contributed by atoms with Crippen LogP contribution in [0.3, 0.4) is 0 Å². The second-order valence-corrected chi connectivity index (χ2v) is 7.12. The van der Waals surface area contributed by atoms with Crippen LogP contribution in [0.4, 0.5) is 20.2 Å². The highest BCUT2D eigenvalue weighted by Gasteiger charge is 2.18. The molecule has 0 saturated carbocycles. The number of halogens is 2. The van der Waals surface area contributed by atoms with Gasteiger partial charge >= 0.3 is 0 Å². The van der Waals surface area contributed by atoms with Crippen LogP contribution in [0.15, 0.2) is 47.4 Å². The molecule has 2 aromatic carbocycles. The summed E-state index contributed by atoms with van der Waals surface area (Å²) in [7, 11) is -3.56. The van der Waals surface area contributed by atoms with Crippen LogP contribution < -0.4 is 5.32 Å². The average Bonchev–Trinajstić information content (AvgIpc) is 2.52. The van der Waals surface area contributed by atoms with Crippen LogP contribution in [0.25, 0.3) is 0 Å². The predicted octanol–water partition coefficient (Wildman–Crippen LogP) is 3.55. The van der Waals surface area contributed by atoms with Gasteiger partial charge in [0.1, 0.15) is 5.69 Å². The molecule has 0 fully saturated rings. The maximum atomic E-state index is 12.5. The van der Waals surface area contributed by atoms with Crippen molar-refractivity contribution >= 4 is 21.2 Å². The molecule has 0 saturated heterocycles. The van der Waals surface area contributed by atoms with Gasteiger partial charge in [0, 0.05) is 24.4 Å². The van der Waals surface area contributed by atoms with E-state index in [1.165, 1.54) is 36.4 Å². The van der Waals surface area contributed by atoms with E-state index in [0.29, 0.717) is 5.56 Å². The summed E-state index contributed by atoms with van der Waals surface area (Å²) in [5.74, 6) is 0. The number of nitro groups is 1. The molecular weight excluding hydrogens is 342 g/mol. The van der Waals surface area contributed by atoms with Gasteiger partial charge in [-0.2, -0.15) is 0 Å². The minimum Gasteiger partial charge on any atom is -0.375 e. The molecule has 0 aliphatic heterocycles. The molecule has 0 spiro atoms. The Labute approximate surface area is 137 Å². The van der Waals surface area contributed by atoms with Gasteiger partial charge < -0.3 is 5.32 Å². The Hall–Kier alpha value is -2.55. The van der Waals surface area contributed by atoms with Crippen LogP contribution >= 0.6 is 0 Å². The largest absolute Gasteiger partial charge is 0.375 e. The highest BCUT2D eigenvalue weighted by molar-refractivity contribution is 7.90. The van der Waals surface area contributed by atoms with Crippen molar-refractivity contribution < 1.29 is 22.1 Å². The van der Waals surface area contributed by atoms with E-state index in [2.05, 4.69) is 5.32 Å². The van der Waals surface area contributed by atoms with Crippen molar-refractivity contribution in [3.05, 3.63) is 63.7 Å². The molecule has 0 aliphatic carbocycles. The number of nitro benzene ring substituents is 1. The Morgan fingerprint density at radius 2 is 1.79 bits per heavy atom. The van der Waals surface area contributed by atoms with Gasteiger partial charge in [0.15, 0.2) is 9.84 Å². The molecular formula is C15H14F2N2O4S. The zero-order valence-electron chi connectivity index (χ0n) is 12.6. The molecule has 0 unspecified atom stereocenters. The van der Waals surface area contributed by atoms with Crippen molar-refractivity contribution in [2.75, 3.05) is 11.6 Å². The summed E-state index contributed by atoms with van der Waals surface area (Å²) in [6.45, 7) is 0.169. The number of hydrogen-bond acceptors (Lipinski definition) is 5. The van der Waals surface area contributed by atoms with Crippen LogP contribution in [0.2, 0.25) is 0 Å². The van der Waals surface area contributed by atoms with E-state index in [4.69, 9.17) is 0 Å². The van der Waals surface area contributed by atoms with Gasteiger partial charge in [-0.25, -0.2) is 17.2 Å². The number of nitrogens with one attached hydrogen (secondary N) is 1. The normalized spacial score (nSPS) is 11.5. The summed E-state index contributed by atoms with van der Waals surface area (Å²) in [6, 6.07) is 9.10. The third-order valence-corrected chi connectivity index (χ3v) is 4.42. The van der Waals surface area contributed by atoms with Crippen LogP contribution in [-0.4, -0.2) is 19.6 Å². The lowest BCUT2D eigenvalue weighted by Crippen LogP contribution is -2.05. The van der Waals surface area contributed by atoms with Gasteiger partial charge in [-0.05, 0) is 17.7 Å². The molecule has 0 heterocycles. The summed E-state index contributed by atoms with van der Waals surface area (Å²) in [4.78, 5) is 10.3. The number of rotatable bonds is 6. The molecule has 2 aromatic rings. The van der Waals surface area contributed by atoms with Gasteiger partial charge in [0.05, 0.1) is 9.82 Å². The maximum Gasteiger partial charge on any atom is 0.293 e. The van der Waals surface area contributed by atoms with Crippen molar-refractivity contribution in [3.63, 3.8) is 0 Å². The van der Waals surface area contributed by atoms with E-state index in [-0.39, 0.29) is 28.4 Å². The molecule has 0 aromatic heterocycles. The topological polar surface area (TPSA) is 89.3 Å². The van der Waals surface area contributed by atoms with Gasteiger partial charge in [-0.3, -0.25) is 10.1 Å². The van der Waals surface area contributed by atoms with Crippen LogP contribution in [0.5, 0.6) is 0 Å². The third kappa shape index (κ3) is 4.25. The highest BCUT2D eigenvalue weighted by Crippen LogP contribution is 2.28. The van der Waals surface area contributed by atoms with Crippen molar-refractivity contribution in [3.8, 4) is 0 Å². The molecule has 0 bridgehead atoms. The molecule has 2 rings (SSSR count). The molecule has 1 N–H and O–H groups in total. The van der Waals surface area contributed by atoms with Crippen LogP contribution in [-0.2, 0) is 16.4 Å². The molecule has 0 atom stereocenters. The number of benzene rings is 2. The Kier molecular flexibility index (Phi) is 5.13. The second kappa shape index (κ2) is 6.91. The Balaban J connectivity index is 2.21. The van der Waals surface area contributed by atoms with Crippen molar-refractivity contribution in [2.45, 2.75) is 17.9 Å². The van der Waals surface area contributed by atoms with Gasteiger partial charge in [-0.1, -0.05) is 24.3 Å². The minimum absolute atomic E-state index is 0.109. The van der Waals surface area contributed by atoms with Gasteiger partial charge in [-0.15, -0.1) is 0 Å².